The molecular formula is C14H12BrN3O2. The second-order valence-electron chi connectivity index (χ2n) is 4.61. The molecule has 2 heterocycles. The molecule has 0 aliphatic carbocycles. The molecule has 6 heteroatoms. The molecule has 0 aliphatic rings. The van der Waals surface area contributed by atoms with Crippen LogP contribution in [0.15, 0.2) is 28.7 Å². The van der Waals surface area contributed by atoms with Crippen LogP contribution in [-0.4, -0.2) is 25.8 Å². The van der Waals surface area contributed by atoms with Crippen LogP contribution in [0.4, 0.5) is 0 Å². The fourth-order valence-corrected chi connectivity index (χ4v) is 3.18. The van der Waals surface area contributed by atoms with E-state index >= 15 is 0 Å². The van der Waals surface area contributed by atoms with Crippen molar-refractivity contribution < 1.29 is 9.90 Å². The number of halogens is 1. The van der Waals surface area contributed by atoms with Crippen LogP contribution in [0, 0.1) is 6.92 Å². The van der Waals surface area contributed by atoms with Crippen molar-refractivity contribution in [1.29, 1.82) is 0 Å². The number of aromatic nitrogens is 3. The third-order valence-electron chi connectivity index (χ3n) is 3.32. The van der Waals surface area contributed by atoms with E-state index in [2.05, 4.69) is 26.0 Å². The fraction of sp³-hybridized carbons (Fsp3) is 0.143. The number of benzene rings is 1. The summed E-state index contributed by atoms with van der Waals surface area (Å²) in [5.41, 5.74) is 3.68. The topological polar surface area (TPSA) is 70.9 Å². The van der Waals surface area contributed by atoms with Gasteiger partial charge in [-0.2, -0.15) is 5.10 Å². The Balaban J connectivity index is 2.34. The standard InChI is InChI=1S/C14H12BrN3O2/c1-7-10(8-5-3-4-6-9(8)16-7)12-11(15)13(14(19)20)18(2)17-12/h3-6,16H,1-2H3,(H,19,20). The van der Waals surface area contributed by atoms with Crippen LogP contribution >= 0.6 is 15.9 Å². The molecule has 0 fully saturated rings. The molecule has 3 aromatic rings. The van der Waals surface area contributed by atoms with Crippen LogP contribution in [0.3, 0.4) is 0 Å². The van der Waals surface area contributed by atoms with Crippen molar-refractivity contribution in [2.45, 2.75) is 6.92 Å². The zero-order valence-corrected chi connectivity index (χ0v) is 12.5. The number of nitrogens with zero attached hydrogens (tertiary/aromatic N) is 2. The lowest BCUT2D eigenvalue weighted by molar-refractivity contribution is 0.0684. The van der Waals surface area contributed by atoms with Crippen LogP contribution in [-0.2, 0) is 7.05 Å². The molecule has 0 atom stereocenters. The van der Waals surface area contributed by atoms with Gasteiger partial charge in [0.2, 0.25) is 0 Å². The van der Waals surface area contributed by atoms with Gasteiger partial charge in [-0.05, 0) is 28.9 Å². The highest BCUT2D eigenvalue weighted by molar-refractivity contribution is 9.10. The maximum Gasteiger partial charge on any atom is 0.355 e. The van der Waals surface area contributed by atoms with Crippen molar-refractivity contribution in [3.63, 3.8) is 0 Å². The minimum absolute atomic E-state index is 0.143. The third kappa shape index (κ3) is 1.76. The molecule has 0 saturated heterocycles. The Hall–Kier alpha value is -2.08. The van der Waals surface area contributed by atoms with E-state index in [1.165, 1.54) is 4.68 Å². The highest BCUT2D eigenvalue weighted by Crippen LogP contribution is 2.37. The van der Waals surface area contributed by atoms with Crippen molar-refractivity contribution in [2.75, 3.05) is 0 Å². The number of hydrogen-bond donors (Lipinski definition) is 2. The minimum atomic E-state index is -1.00. The number of carboxylic acids is 1. The summed E-state index contributed by atoms with van der Waals surface area (Å²) in [6.45, 7) is 1.96. The van der Waals surface area contributed by atoms with Crippen LogP contribution in [0.1, 0.15) is 16.2 Å². The quantitative estimate of drug-likeness (QED) is 0.755. The SMILES string of the molecule is Cc1[nH]c2ccccc2c1-c1nn(C)c(C(=O)O)c1Br. The molecule has 3 rings (SSSR count). The fourth-order valence-electron chi connectivity index (χ4n) is 2.47. The van der Waals surface area contributed by atoms with Gasteiger partial charge in [0.1, 0.15) is 5.69 Å². The molecular weight excluding hydrogens is 322 g/mol. The maximum absolute atomic E-state index is 11.3. The molecule has 0 saturated carbocycles. The Morgan fingerprint density at radius 1 is 1.40 bits per heavy atom. The average Bonchev–Trinajstić information content (AvgIpc) is 2.85. The lowest BCUT2D eigenvalue weighted by atomic mass is 10.1. The van der Waals surface area contributed by atoms with E-state index in [-0.39, 0.29) is 5.69 Å². The van der Waals surface area contributed by atoms with Gasteiger partial charge < -0.3 is 10.1 Å². The van der Waals surface area contributed by atoms with Gasteiger partial charge in [-0.25, -0.2) is 4.79 Å². The number of carbonyl (C=O) groups is 1. The monoisotopic (exact) mass is 333 g/mol. The number of aryl methyl sites for hydroxylation is 2. The summed E-state index contributed by atoms with van der Waals surface area (Å²) in [4.78, 5) is 14.6. The summed E-state index contributed by atoms with van der Waals surface area (Å²) < 4.78 is 1.88. The van der Waals surface area contributed by atoms with Crippen LogP contribution in [0.25, 0.3) is 22.2 Å². The van der Waals surface area contributed by atoms with E-state index in [4.69, 9.17) is 0 Å². The number of aromatic carboxylic acids is 1. The van der Waals surface area contributed by atoms with Crippen molar-refractivity contribution in [2.24, 2.45) is 7.05 Å². The molecule has 2 N–H and O–H groups in total. The second kappa shape index (κ2) is 4.49. The number of H-pyrrole nitrogens is 1. The number of rotatable bonds is 2. The molecule has 20 heavy (non-hydrogen) atoms. The number of nitrogens with one attached hydrogen (secondary N) is 1. The van der Waals surface area contributed by atoms with Gasteiger partial charge >= 0.3 is 5.97 Å². The van der Waals surface area contributed by atoms with E-state index < -0.39 is 5.97 Å². The first-order valence-electron chi connectivity index (χ1n) is 6.04. The number of hydrogen-bond acceptors (Lipinski definition) is 2. The van der Waals surface area contributed by atoms with Crippen molar-refractivity contribution in [3.05, 3.63) is 40.1 Å². The molecule has 1 aromatic carbocycles. The highest BCUT2D eigenvalue weighted by atomic mass is 79.9. The van der Waals surface area contributed by atoms with E-state index in [1.807, 2.05) is 31.2 Å². The van der Waals surface area contributed by atoms with Crippen molar-refractivity contribution >= 4 is 32.8 Å². The van der Waals surface area contributed by atoms with E-state index in [0.29, 0.717) is 10.2 Å². The van der Waals surface area contributed by atoms with Crippen LogP contribution in [0.5, 0.6) is 0 Å². The third-order valence-corrected chi connectivity index (χ3v) is 4.07. The van der Waals surface area contributed by atoms with Gasteiger partial charge in [-0.3, -0.25) is 4.68 Å². The Labute approximate surface area is 123 Å². The zero-order chi connectivity index (χ0) is 14.4. The highest BCUT2D eigenvalue weighted by Gasteiger charge is 2.23. The van der Waals surface area contributed by atoms with Crippen LogP contribution < -0.4 is 0 Å². The van der Waals surface area contributed by atoms with Crippen molar-refractivity contribution in [1.82, 2.24) is 14.8 Å². The van der Waals surface area contributed by atoms with E-state index in [1.54, 1.807) is 7.05 Å². The molecule has 0 bridgehead atoms. The van der Waals surface area contributed by atoms with Gasteiger partial charge in [0.15, 0.2) is 5.69 Å². The van der Waals surface area contributed by atoms with Crippen molar-refractivity contribution in [3.8, 4) is 11.3 Å². The first kappa shape index (κ1) is 12.9. The van der Waals surface area contributed by atoms with Gasteiger partial charge in [0, 0.05) is 29.2 Å². The van der Waals surface area contributed by atoms with Gasteiger partial charge in [-0.1, -0.05) is 18.2 Å². The summed E-state index contributed by atoms with van der Waals surface area (Å²) in [6.07, 6.45) is 0. The maximum atomic E-state index is 11.3. The number of para-hydroxylation sites is 1. The summed E-state index contributed by atoms with van der Waals surface area (Å²) in [5, 5.41) is 14.6. The van der Waals surface area contributed by atoms with Gasteiger partial charge in [0.25, 0.3) is 0 Å². The zero-order valence-electron chi connectivity index (χ0n) is 10.9. The second-order valence-corrected chi connectivity index (χ2v) is 5.40. The van der Waals surface area contributed by atoms with Gasteiger partial charge in [0.05, 0.1) is 4.47 Å². The predicted molar refractivity (Wildman–Crippen MR) is 79.9 cm³/mol. The van der Waals surface area contributed by atoms with Crippen LogP contribution in [0.2, 0.25) is 0 Å². The minimum Gasteiger partial charge on any atom is -0.476 e. The Morgan fingerprint density at radius 2 is 2.10 bits per heavy atom. The largest absolute Gasteiger partial charge is 0.476 e. The molecule has 5 nitrogen and oxygen atoms in total. The lowest BCUT2D eigenvalue weighted by Crippen LogP contribution is -2.05. The first-order valence-corrected chi connectivity index (χ1v) is 6.83. The average molecular weight is 334 g/mol. The molecule has 102 valence electrons. The smallest absolute Gasteiger partial charge is 0.355 e. The first-order chi connectivity index (χ1) is 9.50. The molecule has 0 amide bonds. The number of fused-ring (bicyclic) bond motifs is 1. The predicted octanol–water partition coefficient (Wildman–Crippen LogP) is 3.34. The lowest BCUT2D eigenvalue weighted by Gasteiger charge is -1.98. The Kier molecular flexibility index (Phi) is 2.90. The summed E-state index contributed by atoms with van der Waals surface area (Å²) in [5.74, 6) is -1.00. The summed E-state index contributed by atoms with van der Waals surface area (Å²) in [7, 11) is 1.63. The van der Waals surface area contributed by atoms with Gasteiger partial charge in [-0.15, -0.1) is 0 Å². The molecule has 2 aromatic heterocycles. The normalized spacial score (nSPS) is 11.2. The van der Waals surface area contributed by atoms with E-state index in [9.17, 15) is 9.90 Å². The Morgan fingerprint density at radius 3 is 2.75 bits per heavy atom. The van der Waals surface area contributed by atoms with E-state index in [0.717, 1.165) is 22.2 Å². The Bertz CT molecular complexity index is 832. The molecule has 0 aliphatic heterocycles. The molecule has 0 spiro atoms. The summed E-state index contributed by atoms with van der Waals surface area (Å²) in [6, 6.07) is 7.89. The number of aromatic amines is 1. The number of carboxylic acid groups (broad SMARTS) is 1. The summed E-state index contributed by atoms with van der Waals surface area (Å²) >= 11 is 3.37. The molecule has 0 unspecified atom stereocenters. The molecule has 0 radical (unpaired) electrons.